The largest absolute Gasteiger partial charge is 0.393 e. The van der Waals surface area contributed by atoms with Crippen LogP contribution >= 0.6 is 0 Å². The van der Waals surface area contributed by atoms with Crippen molar-refractivity contribution in [1.29, 1.82) is 0 Å². The molecule has 7 nitrogen and oxygen atoms in total. The zero-order chi connectivity index (χ0) is 11.7. The molecule has 0 saturated carbocycles. The van der Waals surface area contributed by atoms with Crippen LogP contribution in [-0.4, -0.2) is 36.7 Å². The van der Waals surface area contributed by atoms with Crippen molar-refractivity contribution in [3.63, 3.8) is 0 Å². The van der Waals surface area contributed by atoms with Crippen molar-refractivity contribution in [3.05, 3.63) is 22.7 Å². The normalized spacial score (nSPS) is 29.4. The van der Waals surface area contributed by atoms with Gasteiger partial charge in [0, 0.05) is 6.20 Å². The van der Waals surface area contributed by atoms with Crippen molar-refractivity contribution in [2.24, 2.45) is 0 Å². The van der Waals surface area contributed by atoms with E-state index >= 15 is 0 Å². The van der Waals surface area contributed by atoms with Gasteiger partial charge in [0.05, 0.1) is 23.2 Å². The Morgan fingerprint density at radius 3 is 3.06 bits per heavy atom. The summed E-state index contributed by atoms with van der Waals surface area (Å²) in [6.45, 7) is -0.333. The molecule has 0 amide bonds. The molecule has 2 rings (SSSR count). The number of nitrogens with two attached hydrogens (primary N) is 1. The van der Waals surface area contributed by atoms with Gasteiger partial charge in [0.1, 0.15) is 5.82 Å². The molecule has 2 heterocycles. The second-order valence-electron chi connectivity index (χ2n) is 3.29. The molecule has 0 spiro atoms. The molecule has 1 aromatic rings. The summed E-state index contributed by atoms with van der Waals surface area (Å²) in [5.41, 5.74) is 4.05. The number of hydrogen-bond donors (Lipinski definition) is 2. The Hall–Kier alpha value is -1.25. The average molecular weight is 245 g/mol. The van der Waals surface area contributed by atoms with Crippen LogP contribution in [0.2, 0.25) is 0 Å². The lowest BCUT2D eigenvalue weighted by molar-refractivity contribution is -0.00702. The second kappa shape index (κ2) is 4.32. The molecule has 0 aromatic carbocycles. The maximum absolute atomic E-state index is 11.5. The van der Waals surface area contributed by atoms with E-state index in [-0.39, 0.29) is 18.2 Å². The van der Waals surface area contributed by atoms with Gasteiger partial charge >= 0.3 is 5.69 Å². The lowest BCUT2D eigenvalue weighted by atomic mass is 10.5. The predicted octanol–water partition coefficient (Wildman–Crippen LogP) is -1.58. The van der Waals surface area contributed by atoms with Gasteiger partial charge in [-0.2, -0.15) is 4.98 Å². The van der Waals surface area contributed by atoms with Gasteiger partial charge in [-0.05, 0) is 6.07 Å². The van der Waals surface area contributed by atoms with Gasteiger partial charge in [-0.25, -0.2) is 4.79 Å². The summed E-state index contributed by atoms with van der Waals surface area (Å²) >= 11 is 0. The lowest BCUT2D eigenvalue weighted by Crippen LogP contribution is -2.28. The Morgan fingerprint density at radius 1 is 1.75 bits per heavy atom. The summed E-state index contributed by atoms with van der Waals surface area (Å²) in [7, 11) is -1.30. The molecule has 16 heavy (non-hydrogen) atoms. The summed E-state index contributed by atoms with van der Waals surface area (Å²) in [5, 5.41) is 8.87. The zero-order valence-corrected chi connectivity index (χ0v) is 9.09. The summed E-state index contributed by atoms with van der Waals surface area (Å²) in [5.74, 6) is 0.288. The van der Waals surface area contributed by atoms with Gasteiger partial charge in [0.2, 0.25) is 0 Å². The van der Waals surface area contributed by atoms with E-state index in [1.807, 2.05) is 0 Å². The number of ether oxygens (including phenoxy) is 1. The first-order valence-corrected chi connectivity index (χ1v) is 5.98. The molecule has 1 aliphatic rings. The van der Waals surface area contributed by atoms with E-state index in [1.165, 1.54) is 16.8 Å². The van der Waals surface area contributed by atoms with Crippen molar-refractivity contribution < 1.29 is 14.1 Å². The summed E-state index contributed by atoms with van der Waals surface area (Å²) in [6, 6.07) is 1.46. The van der Waals surface area contributed by atoms with Crippen molar-refractivity contribution in [2.75, 3.05) is 18.1 Å². The van der Waals surface area contributed by atoms with Crippen LogP contribution in [0.4, 0.5) is 5.82 Å². The molecule has 8 heteroatoms. The van der Waals surface area contributed by atoms with Crippen LogP contribution in [0.15, 0.2) is 17.1 Å². The molecule has 1 unspecified atom stereocenters. The van der Waals surface area contributed by atoms with Gasteiger partial charge < -0.3 is 15.6 Å². The lowest BCUT2D eigenvalue weighted by Gasteiger charge is -2.12. The van der Waals surface area contributed by atoms with Gasteiger partial charge in [-0.1, -0.05) is 0 Å². The Balaban J connectivity index is 2.27. The highest BCUT2D eigenvalue weighted by Crippen LogP contribution is 2.22. The highest BCUT2D eigenvalue weighted by Gasteiger charge is 2.33. The van der Waals surface area contributed by atoms with Crippen molar-refractivity contribution in [2.45, 2.75) is 11.7 Å². The first kappa shape index (κ1) is 11.2. The molecule has 1 aromatic heterocycles. The number of nitrogen functional groups attached to an aromatic ring is 1. The zero-order valence-electron chi connectivity index (χ0n) is 8.28. The predicted molar refractivity (Wildman–Crippen MR) is 56.9 cm³/mol. The molecule has 88 valence electrons. The van der Waals surface area contributed by atoms with E-state index in [0.717, 1.165) is 0 Å². The maximum atomic E-state index is 11.5. The minimum Gasteiger partial charge on any atom is -0.393 e. The fraction of sp³-hybridized carbons (Fsp3) is 0.500. The monoisotopic (exact) mass is 245 g/mol. The van der Waals surface area contributed by atoms with Crippen LogP contribution in [0.1, 0.15) is 6.23 Å². The Kier molecular flexibility index (Phi) is 3.03. The minimum absolute atomic E-state index is 0.124. The Labute approximate surface area is 93.3 Å². The van der Waals surface area contributed by atoms with Crippen LogP contribution in [0, 0.1) is 0 Å². The highest BCUT2D eigenvalue weighted by atomic mass is 32.2. The molecular weight excluding hydrogens is 234 g/mol. The summed E-state index contributed by atoms with van der Waals surface area (Å²) < 4.78 is 17.9. The van der Waals surface area contributed by atoms with Crippen LogP contribution < -0.4 is 11.4 Å². The third-order valence-corrected chi connectivity index (χ3v) is 3.68. The average Bonchev–Trinajstić information content (AvgIpc) is 2.59. The van der Waals surface area contributed by atoms with E-state index in [1.54, 1.807) is 0 Å². The molecule has 0 radical (unpaired) electrons. The number of aliphatic hydroxyl groups excluding tert-OH is 1. The summed E-state index contributed by atoms with van der Waals surface area (Å²) in [6.07, 6.45) is 0.783. The quantitative estimate of drug-likeness (QED) is 0.651. The minimum atomic E-state index is -1.30. The van der Waals surface area contributed by atoms with Crippen molar-refractivity contribution in [1.82, 2.24) is 9.55 Å². The number of nitrogens with zero attached hydrogens (tertiary/aromatic N) is 2. The molecule has 0 bridgehead atoms. The van der Waals surface area contributed by atoms with E-state index in [2.05, 4.69) is 4.98 Å². The molecule has 1 fully saturated rings. The van der Waals surface area contributed by atoms with Crippen LogP contribution in [0.5, 0.6) is 0 Å². The SMILES string of the molecule is Nc1ccn(C2C[S@@](=O)[C@@H](CO)O2)c(=O)n1. The van der Waals surface area contributed by atoms with Gasteiger partial charge in [-0.15, -0.1) is 0 Å². The number of aliphatic hydroxyl groups is 1. The molecule has 0 aliphatic carbocycles. The first-order valence-electron chi connectivity index (χ1n) is 4.60. The topological polar surface area (TPSA) is 107 Å². The standard InChI is InChI=1S/C8H11N3O4S/c9-5-1-2-11(8(13)10-5)6-4-16(14)7(3-12)15-6/h1-2,6-7,12H,3-4H2,(H2,9,10,13)/t6?,7-,16+/m0/s1. The smallest absolute Gasteiger partial charge is 0.351 e. The third-order valence-electron chi connectivity index (χ3n) is 2.22. The molecule has 3 N–H and O–H groups in total. The molecular formula is C8H11N3O4S. The number of anilines is 1. The van der Waals surface area contributed by atoms with Gasteiger partial charge in [0.15, 0.2) is 11.7 Å². The van der Waals surface area contributed by atoms with Crippen molar-refractivity contribution >= 4 is 16.6 Å². The Morgan fingerprint density at radius 2 is 2.50 bits per heavy atom. The maximum Gasteiger partial charge on any atom is 0.351 e. The molecule has 1 saturated heterocycles. The Bertz CT molecular complexity index is 475. The number of hydrogen-bond acceptors (Lipinski definition) is 6. The number of aromatic nitrogens is 2. The van der Waals surface area contributed by atoms with Gasteiger partial charge in [-0.3, -0.25) is 8.78 Å². The fourth-order valence-electron chi connectivity index (χ4n) is 1.44. The van der Waals surface area contributed by atoms with Crippen molar-refractivity contribution in [3.8, 4) is 0 Å². The van der Waals surface area contributed by atoms with Crippen LogP contribution in [0.25, 0.3) is 0 Å². The summed E-state index contributed by atoms with van der Waals surface area (Å²) in [4.78, 5) is 15.0. The van der Waals surface area contributed by atoms with E-state index < -0.39 is 28.2 Å². The number of rotatable bonds is 2. The van der Waals surface area contributed by atoms with Crippen LogP contribution in [-0.2, 0) is 15.5 Å². The first-order chi connectivity index (χ1) is 7.61. The third kappa shape index (κ3) is 1.99. The fourth-order valence-corrected chi connectivity index (χ4v) is 2.59. The van der Waals surface area contributed by atoms with Gasteiger partial charge in [0.25, 0.3) is 0 Å². The van der Waals surface area contributed by atoms with E-state index in [9.17, 15) is 9.00 Å². The second-order valence-corrected chi connectivity index (χ2v) is 4.91. The molecule has 1 aliphatic heterocycles. The van der Waals surface area contributed by atoms with Crippen LogP contribution in [0.3, 0.4) is 0 Å². The van der Waals surface area contributed by atoms with E-state index in [0.29, 0.717) is 0 Å². The van der Waals surface area contributed by atoms with E-state index in [4.69, 9.17) is 15.6 Å². The highest BCUT2D eigenvalue weighted by molar-refractivity contribution is 7.85. The molecule has 3 atom stereocenters.